The van der Waals surface area contributed by atoms with Gasteiger partial charge in [0.15, 0.2) is 0 Å². The van der Waals surface area contributed by atoms with Gasteiger partial charge in [0.1, 0.15) is 0 Å². The second kappa shape index (κ2) is 6.15. The topological polar surface area (TPSA) is 54.9 Å². The van der Waals surface area contributed by atoms with E-state index in [0.717, 1.165) is 30.7 Å². The molecule has 6 rings (SSSR count). The first-order valence-electron chi connectivity index (χ1n) is 10.2. The fourth-order valence-corrected chi connectivity index (χ4v) is 6.53. The molecule has 140 valence electrons. The third-order valence-electron chi connectivity index (χ3n) is 7.19. The van der Waals surface area contributed by atoms with E-state index in [2.05, 4.69) is 45.6 Å². The van der Waals surface area contributed by atoms with Crippen molar-refractivity contribution in [2.24, 2.45) is 17.3 Å². The summed E-state index contributed by atoms with van der Waals surface area (Å²) in [5.74, 6) is 1.62. The van der Waals surface area contributed by atoms with Crippen molar-refractivity contribution in [3.05, 3.63) is 59.7 Å². The average molecular weight is 361 g/mol. The second-order valence-corrected chi connectivity index (χ2v) is 9.22. The number of rotatable bonds is 4. The second-order valence-electron chi connectivity index (χ2n) is 9.22. The molecular formula is C23H27N3O. The van der Waals surface area contributed by atoms with Gasteiger partial charge in [0.25, 0.3) is 0 Å². The lowest BCUT2D eigenvalue weighted by atomic mass is 9.42. The van der Waals surface area contributed by atoms with Gasteiger partial charge in [0.2, 0.25) is 5.91 Å². The van der Waals surface area contributed by atoms with Gasteiger partial charge in [-0.05, 0) is 68.3 Å². The Morgan fingerprint density at radius 2 is 1.81 bits per heavy atom. The highest BCUT2D eigenvalue weighted by Gasteiger charge is 2.60. The Hall–Kier alpha value is -2.23. The first kappa shape index (κ1) is 16.9. The number of carbonyl (C=O) groups is 1. The third-order valence-corrected chi connectivity index (χ3v) is 7.19. The molecule has 2 aromatic rings. The summed E-state index contributed by atoms with van der Waals surface area (Å²) in [6.07, 6.45) is 10.5. The number of aryl methyl sites for hydroxylation is 1. The predicted octanol–water partition coefficient (Wildman–Crippen LogP) is 3.94. The molecule has 1 aromatic carbocycles. The summed E-state index contributed by atoms with van der Waals surface area (Å²) in [7, 11) is 0. The van der Waals surface area contributed by atoms with Crippen molar-refractivity contribution in [2.75, 3.05) is 0 Å². The molecule has 4 saturated carbocycles. The number of nitrogens with one attached hydrogen (secondary N) is 1. The van der Waals surface area contributed by atoms with Gasteiger partial charge in [0, 0.05) is 6.20 Å². The molecule has 1 N–H and O–H groups in total. The van der Waals surface area contributed by atoms with Crippen LogP contribution in [0.15, 0.2) is 42.7 Å². The highest BCUT2D eigenvalue weighted by molar-refractivity contribution is 5.83. The lowest BCUT2D eigenvalue weighted by Gasteiger charge is -2.61. The highest BCUT2D eigenvalue weighted by Crippen LogP contribution is 2.65. The molecular weight excluding hydrogens is 334 g/mol. The molecule has 4 fully saturated rings. The zero-order valence-corrected chi connectivity index (χ0v) is 15.9. The Bertz CT molecular complexity index is 832. The molecule has 27 heavy (non-hydrogen) atoms. The number of aromatic nitrogens is 2. The Balaban J connectivity index is 1.39. The van der Waals surface area contributed by atoms with Crippen molar-refractivity contribution in [2.45, 2.75) is 57.4 Å². The van der Waals surface area contributed by atoms with Crippen molar-refractivity contribution < 1.29 is 4.79 Å². The number of carbonyl (C=O) groups excluding carboxylic acids is 1. The van der Waals surface area contributed by atoms with Gasteiger partial charge in [-0.2, -0.15) is 0 Å². The van der Waals surface area contributed by atoms with E-state index >= 15 is 0 Å². The molecule has 4 aliphatic rings. The average Bonchev–Trinajstić information content (AvgIpc) is 2.67. The number of nitrogens with zero attached hydrogens (tertiary/aromatic N) is 2. The minimum atomic E-state index is -0.196. The van der Waals surface area contributed by atoms with E-state index in [1.165, 1.54) is 24.8 Å². The maximum Gasteiger partial charge on any atom is 0.226 e. The van der Waals surface area contributed by atoms with Crippen LogP contribution in [-0.4, -0.2) is 15.9 Å². The van der Waals surface area contributed by atoms with Crippen LogP contribution in [0.4, 0.5) is 0 Å². The van der Waals surface area contributed by atoms with Crippen LogP contribution in [0.5, 0.6) is 0 Å². The van der Waals surface area contributed by atoms with Crippen LogP contribution in [0, 0.1) is 24.2 Å². The van der Waals surface area contributed by atoms with E-state index in [-0.39, 0.29) is 16.7 Å². The lowest BCUT2D eigenvalue weighted by Crippen LogP contribution is -2.59. The third kappa shape index (κ3) is 2.86. The molecule has 4 nitrogen and oxygen atoms in total. The van der Waals surface area contributed by atoms with Gasteiger partial charge in [0.05, 0.1) is 29.5 Å². The minimum absolute atomic E-state index is 0.196. The summed E-state index contributed by atoms with van der Waals surface area (Å²) < 4.78 is 0. The number of hydrogen-bond acceptors (Lipinski definition) is 3. The van der Waals surface area contributed by atoms with Crippen LogP contribution >= 0.6 is 0 Å². The molecule has 4 aliphatic carbocycles. The number of hydrogen-bond donors (Lipinski definition) is 1. The molecule has 0 radical (unpaired) electrons. The fourth-order valence-electron chi connectivity index (χ4n) is 6.53. The molecule has 2 unspecified atom stereocenters. The molecule has 1 amide bonds. The van der Waals surface area contributed by atoms with E-state index in [4.69, 9.17) is 0 Å². The van der Waals surface area contributed by atoms with Gasteiger partial charge < -0.3 is 5.32 Å². The molecule has 1 aromatic heterocycles. The van der Waals surface area contributed by atoms with E-state index in [9.17, 15) is 4.79 Å². The summed E-state index contributed by atoms with van der Waals surface area (Å²) >= 11 is 0. The molecule has 2 atom stereocenters. The van der Waals surface area contributed by atoms with Crippen LogP contribution in [0.1, 0.15) is 55.5 Å². The molecule has 1 heterocycles. The fraction of sp³-hybridized carbons (Fsp3) is 0.522. The zero-order valence-electron chi connectivity index (χ0n) is 15.9. The highest BCUT2D eigenvalue weighted by atomic mass is 16.2. The summed E-state index contributed by atoms with van der Waals surface area (Å²) in [6, 6.07) is 10.9. The predicted molar refractivity (Wildman–Crippen MR) is 104 cm³/mol. The smallest absolute Gasteiger partial charge is 0.226 e. The van der Waals surface area contributed by atoms with E-state index < -0.39 is 0 Å². The molecule has 4 heteroatoms. The van der Waals surface area contributed by atoms with Crippen molar-refractivity contribution in [1.82, 2.24) is 15.3 Å². The molecule has 0 saturated heterocycles. The lowest BCUT2D eigenvalue weighted by molar-refractivity contribution is -0.149. The van der Waals surface area contributed by atoms with Crippen LogP contribution in [0.2, 0.25) is 0 Å². The van der Waals surface area contributed by atoms with Crippen molar-refractivity contribution in [3.63, 3.8) is 0 Å². The maximum absolute atomic E-state index is 13.4. The standard InChI is InChI=1S/C23H27N3O/c1-16-12-25-20(13-24-16)14-26-21(27)23-10-17-7-18(11-23)9-22(8-17,15-23)19-5-3-2-4-6-19/h2-6,12-13,17-18H,7-11,14-15H2,1H3,(H,26,27). The van der Waals surface area contributed by atoms with Crippen LogP contribution in [0.25, 0.3) is 0 Å². The zero-order chi connectivity index (χ0) is 18.5. The van der Waals surface area contributed by atoms with Crippen molar-refractivity contribution >= 4 is 5.91 Å². The van der Waals surface area contributed by atoms with E-state index in [0.29, 0.717) is 18.4 Å². The van der Waals surface area contributed by atoms with Gasteiger partial charge >= 0.3 is 0 Å². The van der Waals surface area contributed by atoms with Crippen LogP contribution in [-0.2, 0) is 16.8 Å². The summed E-state index contributed by atoms with van der Waals surface area (Å²) in [4.78, 5) is 22.0. The van der Waals surface area contributed by atoms with Gasteiger partial charge in [-0.3, -0.25) is 14.8 Å². The first-order valence-corrected chi connectivity index (χ1v) is 10.2. The summed E-state index contributed by atoms with van der Waals surface area (Å²) in [6.45, 7) is 2.40. The van der Waals surface area contributed by atoms with Crippen LogP contribution < -0.4 is 5.32 Å². The Morgan fingerprint density at radius 1 is 1.07 bits per heavy atom. The van der Waals surface area contributed by atoms with Crippen molar-refractivity contribution in [3.8, 4) is 0 Å². The molecule has 0 spiro atoms. The number of amides is 1. The normalized spacial score (nSPS) is 33.8. The van der Waals surface area contributed by atoms with Crippen molar-refractivity contribution in [1.29, 1.82) is 0 Å². The Labute approximate surface area is 160 Å². The van der Waals surface area contributed by atoms with E-state index in [1.54, 1.807) is 12.4 Å². The van der Waals surface area contributed by atoms with Crippen LogP contribution in [0.3, 0.4) is 0 Å². The summed E-state index contributed by atoms with van der Waals surface area (Å²) in [5.41, 5.74) is 3.18. The largest absolute Gasteiger partial charge is 0.350 e. The van der Waals surface area contributed by atoms with Gasteiger partial charge in [-0.25, -0.2) is 0 Å². The Morgan fingerprint density at radius 3 is 2.48 bits per heavy atom. The SMILES string of the molecule is Cc1cnc(CNC(=O)C23CC4CC(C2)CC(c2ccccc2)(C4)C3)cn1. The molecule has 4 bridgehead atoms. The monoisotopic (exact) mass is 361 g/mol. The van der Waals surface area contributed by atoms with E-state index in [1.807, 2.05) is 6.92 Å². The molecule has 0 aliphatic heterocycles. The summed E-state index contributed by atoms with van der Waals surface area (Å²) in [5, 5.41) is 3.20. The number of benzene rings is 1. The minimum Gasteiger partial charge on any atom is -0.350 e. The van der Waals surface area contributed by atoms with Gasteiger partial charge in [-0.15, -0.1) is 0 Å². The quantitative estimate of drug-likeness (QED) is 0.897. The Kier molecular flexibility index (Phi) is 3.85. The van der Waals surface area contributed by atoms with Gasteiger partial charge in [-0.1, -0.05) is 30.3 Å². The first-order chi connectivity index (χ1) is 13.1. The maximum atomic E-state index is 13.4.